The fourth-order valence-electron chi connectivity index (χ4n) is 3.26. The Kier molecular flexibility index (Phi) is 6.11. The van der Waals surface area contributed by atoms with E-state index in [1.54, 1.807) is 18.2 Å². The Balaban J connectivity index is 1.49. The number of anilines is 1. The molecule has 1 amide bonds. The number of hydrogen-bond donors (Lipinski definition) is 1. The first-order chi connectivity index (χ1) is 14.5. The third-order valence-electron chi connectivity index (χ3n) is 4.83. The lowest BCUT2D eigenvalue weighted by Crippen LogP contribution is -2.13. The Morgan fingerprint density at radius 1 is 1.10 bits per heavy atom. The summed E-state index contributed by atoms with van der Waals surface area (Å²) in [7, 11) is 0. The molecule has 4 rings (SSSR count). The molecule has 1 N–H and O–H groups in total. The van der Waals surface area contributed by atoms with Crippen LogP contribution < -0.4 is 5.32 Å². The fourth-order valence-corrected chi connectivity index (χ4v) is 4.33. The van der Waals surface area contributed by atoms with Gasteiger partial charge in [0.1, 0.15) is 5.82 Å². The summed E-state index contributed by atoms with van der Waals surface area (Å²) >= 11 is 7.63. The van der Waals surface area contributed by atoms with Crippen molar-refractivity contribution >= 4 is 45.9 Å². The molecule has 0 fully saturated rings. The first-order valence-corrected chi connectivity index (χ1v) is 10.9. The highest BCUT2D eigenvalue weighted by atomic mass is 35.5. The van der Waals surface area contributed by atoms with Crippen LogP contribution in [0.25, 0.3) is 10.9 Å². The highest BCUT2D eigenvalue weighted by molar-refractivity contribution is 8.00. The lowest BCUT2D eigenvalue weighted by Gasteiger charge is -2.06. The molecule has 1 heterocycles. The minimum absolute atomic E-state index is 0.0877. The van der Waals surface area contributed by atoms with Gasteiger partial charge in [-0.15, -0.1) is 11.8 Å². The van der Waals surface area contributed by atoms with Crippen LogP contribution >= 0.6 is 23.4 Å². The van der Waals surface area contributed by atoms with Gasteiger partial charge in [-0.3, -0.25) is 4.79 Å². The van der Waals surface area contributed by atoms with Gasteiger partial charge in [-0.1, -0.05) is 48.0 Å². The number of halogens is 2. The van der Waals surface area contributed by atoms with Crippen LogP contribution in [0.2, 0.25) is 5.02 Å². The maximum absolute atomic E-state index is 13.2. The van der Waals surface area contributed by atoms with Crippen molar-refractivity contribution in [2.75, 3.05) is 11.1 Å². The third kappa shape index (κ3) is 4.69. The number of aryl methyl sites for hydroxylation is 1. The standard InChI is InChI=1S/C24H20ClFN2OS/c1-16-6-11-19(12-21(16)25)27-24(29)15-30-23-14-28(22-5-3-2-4-20(22)23)13-17-7-9-18(26)10-8-17/h2-12,14H,13,15H2,1H3,(H,27,29). The van der Waals surface area contributed by atoms with Crippen LogP contribution in [0.5, 0.6) is 0 Å². The zero-order valence-corrected chi connectivity index (χ0v) is 17.9. The van der Waals surface area contributed by atoms with Crippen molar-refractivity contribution < 1.29 is 9.18 Å². The monoisotopic (exact) mass is 438 g/mol. The highest BCUT2D eigenvalue weighted by Gasteiger charge is 2.12. The normalized spacial score (nSPS) is 11.0. The molecule has 3 aromatic carbocycles. The number of aromatic nitrogens is 1. The molecule has 0 bridgehead atoms. The second kappa shape index (κ2) is 8.94. The van der Waals surface area contributed by atoms with E-state index in [0.717, 1.165) is 26.9 Å². The first-order valence-electron chi connectivity index (χ1n) is 9.51. The molecule has 3 nitrogen and oxygen atoms in total. The predicted octanol–water partition coefficient (Wildman–Crippen LogP) is 6.52. The number of nitrogens with zero attached hydrogens (tertiary/aromatic N) is 1. The molecule has 0 spiro atoms. The van der Waals surface area contributed by atoms with Gasteiger partial charge in [0.05, 0.1) is 5.75 Å². The quantitative estimate of drug-likeness (QED) is 0.347. The van der Waals surface area contributed by atoms with Crippen LogP contribution in [-0.2, 0) is 11.3 Å². The molecule has 0 aliphatic rings. The van der Waals surface area contributed by atoms with E-state index in [2.05, 4.69) is 28.2 Å². The number of carbonyl (C=O) groups excluding carboxylic acids is 1. The summed E-state index contributed by atoms with van der Waals surface area (Å²) in [5.74, 6) is -0.0423. The van der Waals surface area contributed by atoms with Gasteiger partial charge in [0.2, 0.25) is 5.91 Å². The largest absolute Gasteiger partial charge is 0.342 e. The molecule has 0 unspecified atom stereocenters. The second-order valence-corrected chi connectivity index (χ2v) is 8.49. The molecule has 1 aromatic heterocycles. The number of rotatable bonds is 6. The van der Waals surface area contributed by atoms with E-state index >= 15 is 0 Å². The summed E-state index contributed by atoms with van der Waals surface area (Å²) in [5, 5.41) is 4.62. The number of benzene rings is 3. The second-order valence-electron chi connectivity index (χ2n) is 7.07. The highest BCUT2D eigenvalue weighted by Crippen LogP contribution is 2.31. The molecule has 152 valence electrons. The van der Waals surface area contributed by atoms with Gasteiger partial charge in [0, 0.05) is 39.3 Å². The number of nitrogens with one attached hydrogen (secondary N) is 1. The van der Waals surface area contributed by atoms with Gasteiger partial charge >= 0.3 is 0 Å². The Morgan fingerprint density at radius 2 is 1.87 bits per heavy atom. The van der Waals surface area contributed by atoms with E-state index in [-0.39, 0.29) is 17.5 Å². The van der Waals surface area contributed by atoms with Gasteiger partial charge in [-0.2, -0.15) is 0 Å². The summed E-state index contributed by atoms with van der Waals surface area (Å²) in [5.41, 5.74) is 3.76. The SMILES string of the molecule is Cc1ccc(NC(=O)CSc2cn(Cc3ccc(F)cc3)c3ccccc23)cc1Cl. The van der Waals surface area contributed by atoms with Crippen molar-refractivity contribution in [3.05, 3.63) is 94.9 Å². The molecule has 0 radical (unpaired) electrons. The summed E-state index contributed by atoms with van der Waals surface area (Å²) in [6.45, 7) is 2.56. The molecule has 30 heavy (non-hydrogen) atoms. The predicted molar refractivity (Wildman–Crippen MR) is 123 cm³/mol. The van der Waals surface area contributed by atoms with Crippen LogP contribution in [0.15, 0.2) is 77.8 Å². The van der Waals surface area contributed by atoms with E-state index in [4.69, 9.17) is 11.6 Å². The van der Waals surface area contributed by atoms with Gasteiger partial charge in [-0.25, -0.2) is 4.39 Å². The zero-order valence-electron chi connectivity index (χ0n) is 16.4. The number of hydrogen-bond acceptors (Lipinski definition) is 2. The van der Waals surface area contributed by atoms with Gasteiger partial charge in [-0.05, 0) is 48.4 Å². The van der Waals surface area contributed by atoms with Gasteiger partial charge in [0.15, 0.2) is 0 Å². The maximum Gasteiger partial charge on any atom is 0.234 e. The number of amides is 1. The van der Waals surface area contributed by atoms with E-state index in [0.29, 0.717) is 17.3 Å². The summed E-state index contributed by atoms with van der Waals surface area (Å²) in [4.78, 5) is 13.5. The Morgan fingerprint density at radius 3 is 2.63 bits per heavy atom. The van der Waals surface area contributed by atoms with Crippen LogP contribution in [0, 0.1) is 12.7 Å². The van der Waals surface area contributed by atoms with Crippen molar-refractivity contribution in [1.82, 2.24) is 4.57 Å². The average molecular weight is 439 g/mol. The van der Waals surface area contributed by atoms with Crippen molar-refractivity contribution in [2.24, 2.45) is 0 Å². The number of para-hydroxylation sites is 1. The fraction of sp³-hybridized carbons (Fsp3) is 0.125. The van der Waals surface area contributed by atoms with Crippen LogP contribution in [0.1, 0.15) is 11.1 Å². The minimum Gasteiger partial charge on any atom is -0.342 e. The number of fused-ring (bicyclic) bond motifs is 1. The van der Waals surface area contributed by atoms with Gasteiger partial charge in [0.25, 0.3) is 0 Å². The number of thioether (sulfide) groups is 1. The molecule has 4 aromatic rings. The van der Waals surface area contributed by atoms with Crippen molar-refractivity contribution in [3.63, 3.8) is 0 Å². The molecule has 0 saturated heterocycles. The molecule has 0 aliphatic heterocycles. The Labute approximate surface area is 183 Å². The van der Waals surface area contributed by atoms with Crippen molar-refractivity contribution in [3.8, 4) is 0 Å². The van der Waals surface area contributed by atoms with E-state index < -0.39 is 0 Å². The Bertz CT molecular complexity index is 1200. The first kappa shape index (κ1) is 20.5. The molecule has 6 heteroatoms. The summed E-state index contributed by atoms with van der Waals surface area (Å²) in [6.07, 6.45) is 2.05. The van der Waals surface area contributed by atoms with Gasteiger partial charge < -0.3 is 9.88 Å². The zero-order chi connectivity index (χ0) is 21.1. The molecular formula is C24H20ClFN2OS. The summed E-state index contributed by atoms with van der Waals surface area (Å²) < 4.78 is 15.3. The average Bonchev–Trinajstić information content (AvgIpc) is 3.09. The van der Waals surface area contributed by atoms with Crippen LogP contribution in [-0.4, -0.2) is 16.2 Å². The lowest BCUT2D eigenvalue weighted by molar-refractivity contribution is -0.113. The molecule has 0 saturated carbocycles. The maximum atomic E-state index is 13.2. The summed E-state index contributed by atoms with van der Waals surface area (Å²) in [6, 6.07) is 20.1. The molecular weight excluding hydrogens is 419 g/mol. The van der Waals surface area contributed by atoms with Crippen LogP contribution in [0.4, 0.5) is 10.1 Å². The third-order valence-corrected chi connectivity index (χ3v) is 6.28. The van der Waals surface area contributed by atoms with E-state index in [1.165, 1.54) is 23.9 Å². The van der Waals surface area contributed by atoms with E-state index in [1.807, 2.05) is 31.2 Å². The Hall–Kier alpha value is -2.76. The van der Waals surface area contributed by atoms with Crippen molar-refractivity contribution in [2.45, 2.75) is 18.4 Å². The smallest absolute Gasteiger partial charge is 0.234 e. The van der Waals surface area contributed by atoms with Crippen molar-refractivity contribution in [1.29, 1.82) is 0 Å². The number of carbonyl (C=O) groups is 1. The van der Waals surface area contributed by atoms with Crippen LogP contribution in [0.3, 0.4) is 0 Å². The topological polar surface area (TPSA) is 34.0 Å². The minimum atomic E-state index is -0.242. The molecule has 0 aliphatic carbocycles. The molecule has 0 atom stereocenters. The van der Waals surface area contributed by atoms with E-state index in [9.17, 15) is 9.18 Å². The lowest BCUT2D eigenvalue weighted by atomic mass is 10.2.